The van der Waals surface area contributed by atoms with Crippen molar-refractivity contribution in [2.75, 3.05) is 20.1 Å². The summed E-state index contributed by atoms with van der Waals surface area (Å²) < 4.78 is 0. The maximum atomic E-state index is 12.1. The molecule has 0 aromatic carbocycles. The van der Waals surface area contributed by atoms with Gasteiger partial charge in [-0.1, -0.05) is 12.8 Å². The first-order valence-electron chi connectivity index (χ1n) is 7.56. The molecule has 1 aliphatic heterocycles. The fourth-order valence-electron chi connectivity index (χ4n) is 3.47. The van der Waals surface area contributed by atoms with E-state index < -0.39 is 0 Å². The summed E-state index contributed by atoms with van der Waals surface area (Å²) in [5.41, 5.74) is 0.314. The first-order chi connectivity index (χ1) is 10.1. The molecule has 1 aromatic rings. The maximum absolute atomic E-state index is 12.1. The molecular weight excluding hydrogens is 270 g/mol. The molecule has 0 unspecified atom stereocenters. The third-order valence-corrected chi connectivity index (χ3v) is 4.52. The Morgan fingerprint density at radius 1 is 1.48 bits per heavy atom. The van der Waals surface area contributed by atoms with Crippen LogP contribution in [-0.2, 0) is 4.79 Å². The van der Waals surface area contributed by atoms with Gasteiger partial charge in [-0.05, 0) is 12.8 Å². The van der Waals surface area contributed by atoms with Crippen LogP contribution in [0.5, 0.6) is 0 Å². The van der Waals surface area contributed by atoms with Crippen LogP contribution in [0, 0.1) is 5.92 Å². The number of amides is 2. The zero-order valence-electron chi connectivity index (χ0n) is 12.3. The van der Waals surface area contributed by atoms with E-state index in [-0.39, 0.29) is 17.7 Å². The van der Waals surface area contributed by atoms with Gasteiger partial charge in [0, 0.05) is 38.5 Å². The normalized spacial score (nSPS) is 23.0. The molecule has 3 rings (SSSR count). The number of H-pyrrole nitrogens is 1. The Morgan fingerprint density at radius 2 is 2.24 bits per heavy atom. The van der Waals surface area contributed by atoms with Crippen molar-refractivity contribution in [2.45, 2.75) is 38.1 Å². The molecule has 2 fully saturated rings. The van der Waals surface area contributed by atoms with Crippen molar-refractivity contribution in [1.29, 1.82) is 0 Å². The molecule has 1 saturated carbocycles. The molecule has 7 nitrogen and oxygen atoms in total. The second-order valence-corrected chi connectivity index (χ2v) is 6.10. The van der Waals surface area contributed by atoms with Gasteiger partial charge in [0.05, 0.1) is 6.20 Å². The summed E-state index contributed by atoms with van der Waals surface area (Å²) in [6.45, 7) is 1.36. The van der Waals surface area contributed by atoms with E-state index >= 15 is 0 Å². The summed E-state index contributed by atoms with van der Waals surface area (Å²) in [5, 5.41) is 9.89. The van der Waals surface area contributed by atoms with Crippen LogP contribution in [0.4, 0.5) is 0 Å². The van der Waals surface area contributed by atoms with Crippen LogP contribution in [0.25, 0.3) is 0 Å². The minimum atomic E-state index is -0.157. The molecule has 0 radical (unpaired) electrons. The first kappa shape index (κ1) is 14.0. The number of rotatable bonds is 4. The SMILES string of the molecule is CN(C[C@@H]1CC(=O)N(C2CCCC2)C1)C(=O)c1cn[nH]n1. The quantitative estimate of drug-likeness (QED) is 0.884. The molecule has 7 heteroatoms. The van der Waals surface area contributed by atoms with Gasteiger partial charge >= 0.3 is 0 Å². The predicted octanol–water partition coefficient (Wildman–Crippen LogP) is 0.668. The summed E-state index contributed by atoms with van der Waals surface area (Å²) in [6.07, 6.45) is 6.68. The van der Waals surface area contributed by atoms with E-state index in [9.17, 15) is 9.59 Å². The molecular formula is C14H21N5O2. The van der Waals surface area contributed by atoms with Crippen molar-refractivity contribution in [3.05, 3.63) is 11.9 Å². The average molecular weight is 291 g/mol. The highest BCUT2D eigenvalue weighted by atomic mass is 16.2. The monoisotopic (exact) mass is 291 g/mol. The van der Waals surface area contributed by atoms with Gasteiger partial charge in [0.2, 0.25) is 5.91 Å². The Labute approximate surface area is 123 Å². The van der Waals surface area contributed by atoms with E-state index in [1.807, 2.05) is 4.90 Å². The number of nitrogens with one attached hydrogen (secondary N) is 1. The zero-order valence-corrected chi connectivity index (χ0v) is 12.3. The number of hydrogen-bond acceptors (Lipinski definition) is 4. The van der Waals surface area contributed by atoms with Gasteiger partial charge in [-0.3, -0.25) is 9.59 Å². The van der Waals surface area contributed by atoms with Crippen molar-refractivity contribution in [1.82, 2.24) is 25.2 Å². The van der Waals surface area contributed by atoms with Gasteiger partial charge in [-0.2, -0.15) is 15.4 Å². The fraction of sp³-hybridized carbons (Fsp3) is 0.714. The lowest BCUT2D eigenvalue weighted by Gasteiger charge is -2.25. The second-order valence-electron chi connectivity index (χ2n) is 6.10. The highest BCUT2D eigenvalue weighted by Gasteiger charge is 2.36. The lowest BCUT2D eigenvalue weighted by molar-refractivity contribution is -0.129. The maximum Gasteiger partial charge on any atom is 0.275 e. The van der Waals surface area contributed by atoms with Gasteiger partial charge in [0.1, 0.15) is 0 Å². The largest absolute Gasteiger partial charge is 0.340 e. The first-order valence-corrected chi connectivity index (χ1v) is 7.56. The summed E-state index contributed by atoms with van der Waals surface area (Å²) in [7, 11) is 1.75. The van der Waals surface area contributed by atoms with Gasteiger partial charge in [-0.15, -0.1) is 0 Å². The molecule has 1 atom stereocenters. The molecule has 2 aliphatic rings. The number of carbonyl (C=O) groups excluding carboxylic acids is 2. The highest BCUT2D eigenvalue weighted by Crippen LogP contribution is 2.29. The van der Waals surface area contributed by atoms with Crippen LogP contribution in [0.15, 0.2) is 6.20 Å². The topological polar surface area (TPSA) is 82.2 Å². The molecule has 2 amide bonds. The molecule has 0 spiro atoms. The Kier molecular flexibility index (Phi) is 3.90. The van der Waals surface area contributed by atoms with E-state index in [0.29, 0.717) is 24.7 Å². The van der Waals surface area contributed by atoms with Gasteiger partial charge in [-0.25, -0.2) is 0 Å². The molecule has 1 aliphatic carbocycles. The molecule has 1 aromatic heterocycles. The highest BCUT2D eigenvalue weighted by molar-refractivity contribution is 5.91. The number of aromatic nitrogens is 3. The second kappa shape index (κ2) is 5.83. The lowest BCUT2D eigenvalue weighted by Crippen LogP contribution is -2.36. The Bertz CT molecular complexity index is 509. The van der Waals surface area contributed by atoms with Crippen molar-refractivity contribution in [3.8, 4) is 0 Å². The standard InChI is InChI=1S/C14H21N5O2/c1-18(14(21)12-7-15-17-16-12)8-10-6-13(20)19(9-10)11-4-2-3-5-11/h7,10-11H,2-6,8-9H2,1H3,(H,15,16,17)/t10-/m0/s1. The van der Waals surface area contributed by atoms with E-state index in [0.717, 1.165) is 19.4 Å². The molecule has 2 heterocycles. The summed E-state index contributed by atoms with van der Waals surface area (Å²) >= 11 is 0. The van der Waals surface area contributed by atoms with Gasteiger partial charge < -0.3 is 9.80 Å². The van der Waals surface area contributed by atoms with Gasteiger partial charge in [0.25, 0.3) is 5.91 Å². The van der Waals surface area contributed by atoms with Crippen molar-refractivity contribution >= 4 is 11.8 Å². The van der Waals surface area contributed by atoms with Crippen LogP contribution in [0.1, 0.15) is 42.6 Å². The number of likely N-dealkylation sites (tertiary alicyclic amines) is 1. The smallest absolute Gasteiger partial charge is 0.275 e. The third-order valence-electron chi connectivity index (χ3n) is 4.52. The predicted molar refractivity (Wildman–Crippen MR) is 75.4 cm³/mol. The number of nitrogens with zero attached hydrogens (tertiary/aromatic N) is 4. The van der Waals surface area contributed by atoms with Crippen LogP contribution >= 0.6 is 0 Å². The van der Waals surface area contributed by atoms with E-state index in [1.165, 1.54) is 19.0 Å². The summed E-state index contributed by atoms with van der Waals surface area (Å²) in [4.78, 5) is 27.9. The Balaban J connectivity index is 1.56. The molecule has 0 bridgehead atoms. The fourth-order valence-corrected chi connectivity index (χ4v) is 3.47. The minimum Gasteiger partial charge on any atom is -0.340 e. The Hall–Kier alpha value is -1.92. The van der Waals surface area contributed by atoms with Crippen molar-refractivity contribution in [3.63, 3.8) is 0 Å². The number of hydrogen-bond donors (Lipinski definition) is 1. The van der Waals surface area contributed by atoms with E-state index in [1.54, 1.807) is 11.9 Å². The molecule has 1 saturated heterocycles. The molecule has 21 heavy (non-hydrogen) atoms. The minimum absolute atomic E-state index is 0.157. The van der Waals surface area contributed by atoms with E-state index in [2.05, 4.69) is 15.4 Å². The van der Waals surface area contributed by atoms with Crippen LogP contribution in [0.3, 0.4) is 0 Å². The van der Waals surface area contributed by atoms with Crippen molar-refractivity contribution < 1.29 is 9.59 Å². The zero-order chi connectivity index (χ0) is 14.8. The van der Waals surface area contributed by atoms with Crippen molar-refractivity contribution in [2.24, 2.45) is 5.92 Å². The lowest BCUT2D eigenvalue weighted by atomic mass is 10.1. The van der Waals surface area contributed by atoms with Crippen LogP contribution in [-0.4, -0.2) is 63.2 Å². The van der Waals surface area contributed by atoms with Crippen LogP contribution < -0.4 is 0 Å². The third kappa shape index (κ3) is 2.91. The number of carbonyl (C=O) groups is 2. The van der Waals surface area contributed by atoms with Crippen LogP contribution in [0.2, 0.25) is 0 Å². The summed E-state index contributed by atoms with van der Waals surface area (Å²) in [6, 6.07) is 0.430. The van der Waals surface area contributed by atoms with Gasteiger partial charge in [0.15, 0.2) is 5.69 Å². The Morgan fingerprint density at radius 3 is 2.90 bits per heavy atom. The molecule has 1 N–H and O–H groups in total. The molecule has 114 valence electrons. The van der Waals surface area contributed by atoms with E-state index in [4.69, 9.17) is 0 Å². The summed E-state index contributed by atoms with van der Waals surface area (Å²) in [5.74, 6) is 0.309. The number of aromatic amines is 1. The average Bonchev–Trinajstić information content (AvgIpc) is 3.19.